The zero-order chi connectivity index (χ0) is 20.3. The largest absolute Gasteiger partial charge is 0.486 e. The van der Waals surface area contributed by atoms with Gasteiger partial charge in [0, 0.05) is 11.6 Å². The standard InChI is InChI=1S/C20H14Cl3NO3S/c1-2-7-24-19(25)17(28-20(24)26)10-13-8-15(22)18(16(23)9-13)27-11-12-3-5-14(21)6-4-12/h2-6,8-10H,1,7,11H2/b17-10+. The lowest BCUT2D eigenvalue weighted by Crippen LogP contribution is -2.27. The molecule has 2 aromatic carbocycles. The molecule has 0 N–H and O–H groups in total. The van der Waals surface area contributed by atoms with E-state index in [-0.39, 0.29) is 24.3 Å². The average Bonchev–Trinajstić information content (AvgIpc) is 2.90. The normalized spacial score (nSPS) is 15.4. The third-order valence-corrected chi connectivity index (χ3v) is 5.52. The number of ether oxygens (including phenoxy) is 1. The molecule has 1 aliphatic heterocycles. The van der Waals surface area contributed by atoms with Crippen LogP contribution >= 0.6 is 46.6 Å². The lowest BCUT2D eigenvalue weighted by molar-refractivity contribution is -0.122. The van der Waals surface area contributed by atoms with E-state index < -0.39 is 0 Å². The number of halogens is 3. The maximum Gasteiger partial charge on any atom is 0.293 e. The molecular formula is C20H14Cl3NO3S. The molecule has 4 nitrogen and oxygen atoms in total. The van der Waals surface area contributed by atoms with Crippen molar-refractivity contribution in [3.05, 3.63) is 80.2 Å². The number of rotatable bonds is 6. The van der Waals surface area contributed by atoms with Gasteiger partial charge in [-0.1, -0.05) is 53.0 Å². The van der Waals surface area contributed by atoms with Crippen LogP contribution < -0.4 is 4.74 Å². The monoisotopic (exact) mass is 453 g/mol. The third kappa shape index (κ3) is 4.73. The smallest absolute Gasteiger partial charge is 0.293 e. The summed E-state index contributed by atoms with van der Waals surface area (Å²) in [5.74, 6) is -0.0274. The van der Waals surface area contributed by atoms with Gasteiger partial charge in [0.05, 0.1) is 15.0 Å². The van der Waals surface area contributed by atoms with Gasteiger partial charge in [0.25, 0.3) is 11.1 Å². The van der Waals surface area contributed by atoms with Gasteiger partial charge in [-0.3, -0.25) is 14.5 Å². The predicted molar refractivity (Wildman–Crippen MR) is 115 cm³/mol. The van der Waals surface area contributed by atoms with Crippen LogP contribution in [0.5, 0.6) is 5.75 Å². The molecule has 1 fully saturated rings. The number of carbonyl (C=O) groups excluding carboxylic acids is 2. The molecule has 0 unspecified atom stereocenters. The number of imide groups is 1. The van der Waals surface area contributed by atoms with Crippen LogP contribution in [0.25, 0.3) is 6.08 Å². The van der Waals surface area contributed by atoms with E-state index in [1.54, 1.807) is 30.3 Å². The lowest BCUT2D eigenvalue weighted by atomic mass is 10.2. The van der Waals surface area contributed by atoms with E-state index in [1.165, 1.54) is 6.08 Å². The third-order valence-electron chi connectivity index (χ3n) is 3.80. The summed E-state index contributed by atoms with van der Waals surface area (Å²) in [5.41, 5.74) is 1.51. The average molecular weight is 455 g/mol. The highest BCUT2D eigenvalue weighted by Crippen LogP contribution is 2.37. The van der Waals surface area contributed by atoms with Crippen LogP contribution in [0.2, 0.25) is 15.1 Å². The van der Waals surface area contributed by atoms with E-state index in [2.05, 4.69) is 6.58 Å². The Morgan fingerprint density at radius 2 is 1.71 bits per heavy atom. The van der Waals surface area contributed by atoms with E-state index in [4.69, 9.17) is 39.5 Å². The molecule has 0 spiro atoms. The second-order valence-electron chi connectivity index (χ2n) is 5.81. The minimum atomic E-state index is -0.370. The van der Waals surface area contributed by atoms with Gasteiger partial charge < -0.3 is 4.74 Å². The fourth-order valence-electron chi connectivity index (χ4n) is 2.47. The summed E-state index contributed by atoms with van der Waals surface area (Å²) in [6, 6.07) is 10.5. The van der Waals surface area contributed by atoms with Crippen molar-refractivity contribution < 1.29 is 14.3 Å². The van der Waals surface area contributed by atoms with Crippen LogP contribution in [0.3, 0.4) is 0 Å². The van der Waals surface area contributed by atoms with Crippen LogP contribution in [0.1, 0.15) is 11.1 Å². The number of hydrogen-bond acceptors (Lipinski definition) is 4. The summed E-state index contributed by atoms with van der Waals surface area (Å²) in [4.78, 5) is 25.6. The van der Waals surface area contributed by atoms with Gasteiger partial charge >= 0.3 is 0 Å². The molecule has 3 rings (SSSR count). The molecule has 144 valence electrons. The van der Waals surface area contributed by atoms with E-state index in [0.29, 0.717) is 31.3 Å². The number of nitrogens with zero attached hydrogens (tertiary/aromatic N) is 1. The van der Waals surface area contributed by atoms with Gasteiger partial charge in [0.2, 0.25) is 0 Å². The van der Waals surface area contributed by atoms with Gasteiger partial charge in [0.15, 0.2) is 5.75 Å². The lowest BCUT2D eigenvalue weighted by Gasteiger charge is -2.11. The Labute approximate surface area is 181 Å². The zero-order valence-corrected chi connectivity index (χ0v) is 17.5. The molecule has 0 radical (unpaired) electrons. The van der Waals surface area contributed by atoms with Gasteiger partial charge in [-0.05, 0) is 53.2 Å². The van der Waals surface area contributed by atoms with Gasteiger partial charge in [-0.15, -0.1) is 6.58 Å². The van der Waals surface area contributed by atoms with E-state index in [1.807, 2.05) is 12.1 Å². The van der Waals surface area contributed by atoms with Crippen LogP contribution in [0.4, 0.5) is 4.79 Å². The predicted octanol–water partition coefficient (Wildman–Crippen LogP) is 6.45. The van der Waals surface area contributed by atoms with E-state index in [9.17, 15) is 9.59 Å². The van der Waals surface area contributed by atoms with Crippen molar-refractivity contribution in [2.75, 3.05) is 6.54 Å². The van der Waals surface area contributed by atoms with Crippen molar-refractivity contribution >= 4 is 63.8 Å². The summed E-state index contributed by atoms with van der Waals surface area (Å²) in [6.07, 6.45) is 3.08. The zero-order valence-electron chi connectivity index (χ0n) is 14.5. The topological polar surface area (TPSA) is 46.6 Å². The molecule has 28 heavy (non-hydrogen) atoms. The Bertz CT molecular complexity index is 950. The number of benzene rings is 2. The SMILES string of the molecule is C=CCN1C(=O)S/C(=C/c2cc(Cl)c(OCc3ccc(Cl)cc3)c(Cl)c2)C1=O. The van der Waals surface area contributed by atoms with Crippen molar-refractivity contribution in [1.82, 2.24) is 4.90 Å². The fourth-order valence-corrected chi connectivity index (χ4v) is 4.06. The van der Waals surface area contributed by atoms with Crippen LogP contribution in [-0.4, -0.2) is 22.6 Å². The Morgan fingerprint density at radius 3 is 2.32 bits per heavy atom. The molecular weight excluding hydrogens is 441 g/mol. The molecule has 1 aliphatic rings. The van der Waals surface area contributed by atoms with Gasteiger partial charge in [0.1, 0.15) is 6.61 Å². The second kappa shape index (κ2) is 9.05. The summed E-state index contributed by atoms with van der Waals surface area (Å²) >= 11 is 19.4. The molecule has 2 amide bonds. The Kier molecular flexibility index (Phi) is 6.73. The second-order valence-corrected chi connectivity index (χ2v) is 8.05. The Hall–Kier alpha value is -1.92. The first-order valence-corrected chi connectivity index (χ1v) is 10.1. The van der Waals surface area contributed by atoms with Crippen LogP contribution in [0, 0.1) is 0 Å². The molecule has 0 aromatic heterocycles. The highest BCUT2D eigenvalue weighted by Gasteiger charge is 2.34. The number of amides is 2. The van der Waals surface area contributed by atoms with Gasteiger partial charge in [-0.25, -0.2) is 0 Å². The summed E-state index contributed by atoms with van der Waals surface area (Å²) in [7, 11) is 0. The van der Waals surface area contributed by atoms with Crippen molar-refractivity contribution in [2.24, 2.45) is 0 Å². The molecule has 0 saturated carbocycles. The maximum absolute atomic E-state index is 12.3. The van der Waals surface area contributed by atoms with E-state index in [0.717, 1.165) is 22.2 Å². The number of carbonyl (C=O) groups is 2. The van der Waals surface area contributed by atoms with Crippen molar-refractivity contribution in [3.63, 3.8) is 0 Å². The first-order chi connectivity index (χ1) is 13.4. The highest BCUT2D eigenvalue weighted by atomic mass is 35.5. The molecule has 0 bridgehead atoms. The summed E-state index contributed by atoms with van der Waals surface area (Å²) in [5, 5.41) is 0.911. The van der Waals surface area contributed by atoms with Crippen molar-refractivity contribution in [3.8, 4) is 5.75 Å². The first kappa shape index (κ1) is 20.8. The first-order valence-electron chi connectivity index (χ1n) is 8.11. The minimum absolute atomic E-state index is 0.168. The molecule has 2 aromatic rings. The molecule has 0 aliphatic carbocycles. The molecule has 1 saturated heterocycles. The fraction of sp³-hybridized carbons (Fsp3) is 0.100. The summed E-state index contributed by atoms with van der Waals surface area (Å²) in [6.45, 7) is 3.99. The quantitative estimate of drug-likeness (QED) is 0.372. The minimum Gasteiger partial charge on any atom is -0.486 e. The molecule has 8 heteroatoms. The van der Waals surface area contributed by atoms with Crippen molar-refractivity contribution in [1.29, 1.82) is 0 Å². The number of hydrogen-bond donors (Lipinski definition) is 0. The Balaban J connectivity index is 1.78. The number of thioether (sulfide) groups is 1. The molecule has 0 atom stereocenters. The van der Waals surface area contributed by atoms with Gasteiger partial charge in [-0.2, -0.15) is 0 Å². The van der Waals surface area contributed by atoms with Crippen LogP contribution in [0.15, 0.2) is 54.0 Å². The Morgan fingerprint density at radius 1 is 1.07 bits per heavy atom. The van der Waals surface area contributed by atoms with Crippen molar-refractivity contribution in [2.45, 2.75) is 6.61 Å². The van der Waals surface area contributed by atoms with E-state index >= 15 is 0 Å². The highest BCUT2D eigenvalue weighted by molar-refractivity contribution is 8.18. The molecule has 1 heterocycles. The van der Waals surface area contributed by atoms with Crippen LogP contribution in [-0.2, 0) is 11.4 Å². The summed E-state index contributed by atoms with van der Waals surface area (Å²) < 4.78 is 5.73. The maximum atomic E-state index is 12.3.